The van der Waals surface area contributed by atoms with E-state index in [1.807, 2.05) is 6.92 Å². The van der Waals surface area contributed by atoms with Gasteiger partial charge in [0.2, 0.25) is 0 Å². The Balaban J connectivity index is 2.47. The molecule has 1 N–H and O–H groups in total. The van der Waals surface area contributed by atoms with Crippen LogP contribution in [0.4, 0.5) is 4.79 Å². The average Bonchev–Trinajstić information content (AvgIpc) is 2.13. The largest absolute Gasteiger partial charge is 0.450 e. The summed E-state index contributed by atoms with van der Waals surface area (Å²) in [6, 6.07) is 0.218. The number of likely N-dealkylation sites (N-methyl/N-ethyl adjacent to an activating group) is 1. The highest BCUT2D eigenvalue weighted by atomic mass is 16.5. The molecule has 0 aromatic carbocycles. The number of nitrogens with one attached hydrogen (secondary N) is 1. The number of carbonyl (C=O) groups is 1. The first kappa shape index (κ1) is 15.3. The van der Waals surface area contributed by atoms with Crippen LogP contribution in [0.15, 0.2) is 0 Å². The molecule has 4 nitrogen and oxygen atoms in total. The van der Waals surface area contributed by atoms with Crippen LogP contribution < -0.4 is 5.32 Å². The number of ether oxygens (including phenoxy) is 1. The predicted molar refractivity (Wildman–Crippen MR) is 73.6 cm³/mol. The lowest BCUT2D eigenvalue weighted by Crippen LogP contribution is -2.50. The fraction of sp³-hybridized carbons (Fsp3) is 0.929. The number of hydrogen-bond acceptors (Lipinski definition) is 3. The van der Waals surface area contributed by atoms with Gasteiger partial charge < -0.3 is 15.0 Å². The van der Waals surface area contributed by atoms with Crippen molar-refractivity contribution in [3.05, 3.63) is 0 Å². The molecule has 1 aliphatic heterocycles. The highest BCUT2D eigenvalue weighted by Crippen LogP contribution is 2.29. The van der Waals surface area contributed by atoms with Crippen LogP contribution in [0.5, 0.6) is 0 Å². The molecule has 1 aliphatic rings. The second-order valence-corrected chi connectivity index (χ2v) is 6.65. The third kappa shape index (κ3) is 5.71. The van der Waals surface area contributed by atoms with Gasteiger partial charge in [0.1, 0.15) is 0 Å². The molecule has 1 heterocycles. The first-order valence-corrected chi connectivity index (χ1v) is 6.92. The molecular formula is C14H28N2O2. The Morgan fingerprint density at radius 1 is 1.39 bits per heavy atom. The number of alkyl carbamates (subject to hydrolysis) is 1. The molecule has 0 aromatic rings. The summed E-state index contributed by atoms with van der Waals surface area (Å²) in [5, 5.41) is 2.96. The normalized spacial score (nSPS) is 25.8. The topological polar surface area (TPSA) is 41.6 Å². The molecule has 4 heteroatoms. The van der Waals surface area contributed by atoms with Gasteiger partial charge in [-0.15, -0.1) is 0 Å². The molecule has 0 bridgehead atoms. The van der Waals surface area contributed by atoms with Gasteiger partial charge in [-0.2, -0.15) is 0 Å². The zero-order valence-corrected chi connectivity index (χ0v) is 12.5. The molecule has 0 saturated carbocycles. The van der Waals surface area contributed by atoms with Crippen molar-refractivity contribution in [2.75, 3.05) is 26.7 Å². The quantitative estimate of drug-likeness (QED) is 0.843. The molecule has 2 unspecified atom stereocenters. The Morgan fingerprint density at radius 2 is 2.06 bits per heavy atom. The predicted octanol–water partition coefficient (Wildman–Crippen LogP) is 2.49. The lowest BCUT2D eigenvalue weighted by molar-refractivity contribution is 0.115. The molecule has 0 aliphatic carbocycles. The van der Waals surface area contributed by atoms with Gasteiger partial charge in [-0.3, -0.25) is 0 Å². The molecule has 1 amide bonds. The van der Waals surface area contributed by atoms with E-state index in [-0.39, 0.29) is 12.1 Å². The van der Waals surface area contributed by atoms with Gasteiger partial charge >= 0.3 is 6.09 Å². The molecule has 0 radical (unpaired) electrons. The molecule has 18 heavy (non-hydrogen) atoms. The summed E-state index contributed by atoms with van der Waals surface area (Å²) in [5.74, 6) is 0.649. The second-order valence-electron chi connectivity index (χ2n) is 6.65. The summed E-state index contributed by atoms with van der Waals surface area (Å²) in [5.41, 5.74) is 0.345. The summed E-state index contributed by atoms with van der Waals surface area (Å²) in [6.45, 7) is 11.1. The van der Waals surface area contributed by atoms with E-state index in [1.54, 1.807) is 0 Å². The van der Waals surface area contributed by atoms with Crippen molar-refractivity contribution < 1.29 is 9.53 Å². The highest BCUT2D eigenvalue weighted by molar-refractivity contribution is 5.67. The first-order chi connectivity index (χ1) is 8.30. The zero-order valence-electron chi connectivity index (χ0n) is 12.5. The molecule has 106 valence electrons. The van der Waals surface area contributed by atoms with Crippen LogP contribution >= 0.6 is 0 Å². The lowest BCUT2D eigenvalue weighted by atomic mass is 9.80. The van der Waals surface area contributed by atoms with Crippen molar-refractivity contribution in [1.82, 2.24) is 10.2 Å². The van der Waals surface area contributed by atoms with Crippen molar-refractivity contribution in [2.24, 2.45) is 11.3 Å². The Kier molecular flexibility index (Phi) is 5.45. The monoisotopic (exact) mass is 256 g/mol. The number of piperidine rings is 1. The molecule has 1 saturated heterocycles. The van der Waals surface area contributed by atoms with E-state index in [9.17, 15) is 4.79 Å². The van der Waals surface area contributed by atoms with E-state index >= 15 is 0 Å². The zero-order chi connectivity index (χ0) is 13.8. The van der Waals surface area contributed by atoms with Gasteiger partial charge in [0.15, 0.2) is 0 Å². The number of amides is 1. The number of hydrogen-bond donors (Lipinski definition) is 1. The van der Waals surface area contributed by atoms with Crippen LogP contribution in [-0.2, 0) is 4.74 Å². The average molecular weight is 256 g/mol. The van der Waals surface area contributed by atoms with Crippen LogP contribution in [0.1, 0.15) is 40.5 Å². The third-order valence-electron chi connectivity index (χ3n) is 3.22. The minimum absolute atomic E-state index is 0.218. The number of likely N-dealkylation sites (tertiary alicyclic amines) is 1. The number of nitrogens with zero attached hydrogens (tertiary/aromatic N) is 1. The van der Waals surface area contributed by atoms with Crippen molar-refractivity contribution >= 4 is 6.09 Å². The Morgan fingerprint density at radius 3 is 2.61 bits per heavy atom. The smallest absolute Gasteiger partial charge is 0.407 e. The van der Waals surface area contributed by atoms with Crippen molar-refractivity contribution in [1.29, 1.82) is 0 Å². The maximum Gasteiger partial charge on any atom is 0.407 e. The maximum atomic E-state index is 11.5. The van der Waals surface area contributed by atoms with Gasteiger partial charge in [-0.05, 0) is 38.1 Å². The highest BCUT2D eigenvalue weighted by Gasteiger charge is 2.29. The fourth-order valence-corrected chi connectivity index (χ4v) is 2.90. The minimum Gasteiger partial charge on any atom is -0.450 e. The van der Waals surface area contributed by atoms with E-state index in [2.05, 4.69) is 38.0 Å². The third-order valence-corrected chi connectivity index (χ3v) is 3.22. The van der Waals surface area contributed by atoms with Crippen LogP contribution in [0.25, 0.3) is 0 Å². The standard InChI is InChI=1S/C14H28N2O2/c1-6-18-13(17)15-12-7-11(8-14(2,3)4)9-16(5)10-12/h11-12H,6-10H2,1-5H3,(H,15,17). The van der Waals surface area contributed by atoms with E-state index in [0.29, 0.717) is 17.9 Å². The summed E-state index contributed by atoms with van der Waals surface area (Å²) in [6.07, 6.45) is 1.96. The van der Waals surface area contributed by atoms with Crippen molar-refractivity contribution in [2.45, 2.75) is 46.6 Å². The number of carbonyl (C=O) groups excluding carboxylic acids is 1. The van der Waals surface area contributed by atoms with Gasteiger partial charge in [-0.25, -0.2) is 4.79 Å². The van der Waals surface area contributed by atoms with E-state index in [1.165, 1.54) is 6.42 Å². The summed E-state index contributed by atoms with van der Waals surface area (Å²) in [4.78, 5) is 13.8. The van der Waals surface area contributed by atoms with E-state index in [4.69, 9.17) is 4.74 Å². The van der Waals surface area contributed by atoms with Crippen molar-refractivity contribution in [3.8, 4) is 0 Å². The minimum atomic E-state index is -0.285. The number of rotatable bonds is 3. The van der Waals surface area contributed by atoms with E-state index in [0.717, 1.165) is 19.5 Å². The molecule has 0 aromatic heterocycles. The molecule has 2 atom stereocenters. The van der Waals surface area contributed by atoms with Crippen LogP contribution in [0.2, 0.25) is 0 Å². The molecule has 1 rings (SSSR count). The van der Waals surface area contributed by atoms with Gasteiger partial charge in [0, 0.05) is 19.1 Å². The second kappa shape index (κ2) is 6.41. The SMILES string of the molecule is CCOC(=O)NC1CC(CC(C)(C)C)CN(C)C1. The fourth-order valence-electron chi connectivity index (χ4n) is 2.90. The summed E-state index contributed by atoms with van der Waals surface area (Å²) in [7, 11) is 2.12. The van der Waals surface area contributed by atoms with Gasteiger partial charge in [0.05, 0.1) is 6.61 Å². The van der Waals surface area contributed by atoms with Crippen LogP contribution in [0.3, 0.4) is 0 Å². The molecule has 0 spiro atoms. The lowest BCUT2D eigenvalue weighted by Gasteiger charge is -2.38. The Bertz CT molecular complexity index is 273. The van der Waals surface area contributed by atoms with E-state index < -0.39 is 0 Å². The Hall–Kier alpha value is -0.770. The summed E-state index contributed by atoms with van der Waals surface area (Å²) >= 11 is 0. The maximum absolute atomic E-state index is 11.5. The van der Waals surface area contributed by atoms with Crippen LogP contribution in [0, 0.1) is 11.3 Å². The Labute approximate surface area is 111 Å². The van der Waals surface area contributed by atoms with Crippen molar-refractivity contribution in [3.63, 3.8) is 0 Å². The molecule has 1 fully saturated rings. The van der Waals surface area contributed by atoms with Gasteiger partial charge in [-0.1, -0.05) is 20.8 Å². The molecular weight excluding hydrogens is 228 g/mol. The van der Waals surface area contributed by atoms with Gasteiger partial charge in [0.25, 0.3) is 0 Å². The van der Waals surface area contributed by atoms with Crippen LogP contribution in [-0.4, -0.2) is 43.8 Å². The first-order valence-electron chi connectivity index (χ1n) is 6.92. The summed E-state index contributed by atoms with van der Waals surface area (Å²) < 4.78 is 4.95.